The Kier molecular flexibility index (Phi) is 3.72. The summed E-state index contributed by atoms with van der Waals surface area (Å²) < 4.78 is 0. The second-order valence-electron chi connectivity index (χ2n) is 4.82. The third-order valence-electron chi connectivity index (χ3n) is 3.07. The van der Waals surface area contributed by atoms with Gasteiger partial charge in [0.15, 0.2) is 5.78 Å². The monoisotopic (exact) mass is 243 g/mol. The Labute approximate surface area is 106 Å². The van der Waals surface area contributed by atoms with E-state index in [-0.39, 0.29) is 18.1 Å². The van der Waals surface area contributed by atoms with Crippen LogP contribution in [0.25, 0.3) is 10.9 Å². The Morgan fingerprint density at radius 2 is 2.00 bits per heavy atom. The highest BCUT2D eigenvalue weighted by molar-refractivity contribution is 5.90. The summed E-state index contributed by atoms with van der Waals surface area (Å²) in [5.74, 6) is -0.188. The number of benzene rings is 1. The summed E-state index contributed by atoms with van der Waals surface area (Å²) in [5.41, 5.74) is 1.80. The number of rotatable bonds is 4. The average Bonchev–Trinajstić information content (AvgIpc) is 2.38. The minimum Gasteiger partial charge on any atom is -0.385 e. The molecule has 0 saturated heterocycles. The smallest absolute Gasteiger partial charge is 0.165 e. The minimum atomic E-state index is -0.892. The van der Waals surface area contributed by atoms with Gasteiger partial charge in [0.25, 0.3) is 0 Å². The molecule has 1 aromatic carbocycles. The molecule has 3 heteroatoms. The van der Waals surface area contributed by atoms with E-state index < -0.39 is 6.10 Å². The van der Waals surface area contributed by atoms with Crippen LogP contribution in [0.1, 0.15) is 19.4 Å². The van der Waals surface area contributed by atoms with E-state index in [1.165, 1.54) is 0 Å². The number of ketones is 1. The highest BCUT2D eigenvalue weighted by Gasteiger charge is 2.19. The number of carbonyl (C=O) groups excluding carboxylic acids is 1. The lowest BCUT2D eigenvalue weighted by Crippen LogP contribution is -2.27. The molecule has 2 aromatic rings. The predicted molar refractivity (Wildman–Crippen MR) is 71.3 cm³/mol. The summed E-state index contributed by atoms with van der Waals surface area (Å²) in [7, 11) is 0. The molecule has 0 bridgehead atoms. The number of para-hydroxylation sites is 1. The molecule has 0 aliphatic rings. The fraction of sp³-hybridized carbons (Fsp3) is 0.333. The zero-order chi connectivity index (χ0) is 13.1. The molecular weight excluding hydrogens is 226 g/mol. The number of hydrogen-bond donors (Lipinski definition) is 1. The number of hydrogen-bond acceptors (Lipinski definition) is 3. The van der Waals surface area contributed by atoms with Crippen molar-refractivity contribution in [1.29, 1.82) is 0 Å². The molecule has 1 N–H and O–H groups in total. The third-order valence-corrected chi connectivity index (χ3v) is 3.07. The fourth-order valence-electron chi connectivity index (χ4n) is 1.97. The van der Waals surface area contributed by atoms with Gasteiger partial charge in [0.2, 0.25) is 0 Å². The lowest BCUT2D eigenvalue weighted by Gasteiger charge is -2.13. The van der Waals surface area contributed by atoms with E-state index in [0.717, 1.165) is 16.5 Å². The summed E-state index contributed by atoms with van der Waals surface area (Å²) in [6, 6.07) is 9.56. The highest BCUT2D eigenvalue weighted by atomic mass is 16.3. The zero-order valence-electron chi connectivity index (χ0n) is 10.6. The molecule has 0 radical (unpaired) electrons. The first kappa shape index (κ1) is 12.7. The van der Waals surface area contributed by atoms with E-state index in [9.17, 15) is 9.90 Å². The van der Waals surface area contributed by atoms with Gasteiger partial charge in [-0.25, -0.2) is 0 Å². The quantitative estimate of drug-likeness (QED) is 0.896. The molecule has 0 saturated carbocycles. The van der Waals surface area contributed by atoms with Crippen LogP contribution in [-0.2, 0) is 11.2 Å². The summed E-state index contributed by atoms with van der Waals surface area (Å²) in [5, 5.41) is 10.7. The molecule has 0 fully saturated rings. The lowest BCUT2D eigenvalue weighted by molar-refractivity contribution is -0.128. The minimum absolute atomic E-state index is 0.0504. The van der Waals surface area contributed by atoms with Gasteiger partial charge in [0.05, 0.1) is 5.52 Å². The van der Waals surface area contributed by atoms with E-state index in [4.69, 9.17) is 0 Å². The van der Waals surface area contributed by atoms with Crippen molar-refractivity contribution in [3.8, 4) is 0 Å². The first-order valence-corrected chi connectivity index (χ1v) is 6.13. The molecule has 94 valence electrons. The van der Waals surface area contributed by atoms with Gasteiger partial charge >= 0.3 is 0 Å². The third kappa shape index (κ3) is 2.57. The normalized spacial score (nSPS) is 12.9. The van der Waals surface area contributed by atoms with Crippen molar-refractivity contribution >= 4 is 16.7 Å². The second-order valence-corrected chi connectivity index (χ2v) is 4.82. The average molecular weight is 243 g/mol. The number of fused-ring (bicyclic) bond motifs is 1. The van der Waals surface area contributed by atoms with Gasteiger partial charge in [0.1, 0.15) is 6.10 Å². The highest BCUT2D eigenvalue weighted by Crippen LogP contribution is 2.18. The molecule has 2 rings (SSSR count). The lowest BCUT2D eigenvalue weighted by atomic mass is 9.96. The van der Waals surface area contributed by atoms with Crippen LogP contribution in [0, 0.1) is 5.92 Å². The van der Waals surface area contributed by atoms with Crippen molar-refractivity contribution in [1.82, 2.24) is 4.98 Å². The molecule has 18 heavy (non-hydrogen) atoms. The molecule has 1 atom stereocenters. The molecular formula is C15H17NO2. The number of carbonyl (C=O) groups is 1. The maximum absolute atomic E-state index is 11.9. The SMILES string of the molecule is CC(C)C(O)C(=O)Cc1ccnc2ccccc12. The van der Waals surface area contributed by atoms with E-state index in [0.29, 0.717) is 0 Å². The summed E-state index contributed by atoms with van der Waals surface area (Å²) in [6.07, 6.45) is 1.06. The van der Waals surface area contributed by atoms with Gasteiger partial charge in [-0.15, -0.1) is 0 Å². The Balaban J connectivity index is 2.30. The number of aliphatic hydroxyl groups is 1. The van der Waals surface area contributed by atoms with Gasteiger partial charge in [-0.05, 0) is 23.6 Å². The molecule has 0 aliphatic carbocycles. The molecule has 1 heterocycles. The van der Waals surface area contributed by atoms with E-state index in [1.54, 1.807) is 6.20 Å². The van der Waals surface area contributed by atoms with Gasteiger partial charge in [0, 0.05) is 18.0 Å². The summed E-state index contributed by atoms with van der Waals surface area (Å²) in [4.78, 5) is 16.2. The van der Waals surface area contributed by atoms with Gasteiger partial charge in [-0.2, -0.15) is 0 Å². The maximum Gasteiger partial charge on any atom is 0.165 e. The maximum atomic E-state index is 11.9. The molecule has 1 unspecified atom stereocenters. The Hall–Kier alpha value is -1.74. The van der Waals surface area contributed by atoms with E-state index in [1.807, 2.05) is 44.2 Å². The number of nitrogens with zero attached hydrogens (tertiary/aromatic N) is 1. The zero-order valence-corrected chi connectivity index (χ0v) is 10.6. The molecule has 0 spiro atoms. The summed E-state index contributed by atoms with van der Waals surface area (Å²) in [6.45, 7) is 3.68. The van der Waals surface area contributed by atoms with Crippen molar-refractivity contribution in [3.05, 3.63) is 42.1 Å². The van der Waals surface area contributed by atoms with Gasteiger partial charge in [-0.1, -0.05) is 32.0 Å². The predicted octanol–water partition coefficient (Wildman–Crippen LogP) is 2.36. The van der Waals surface area contributed by atoms with Crippen molar-refractivity contribution in [2.24, 2.45) is 5.92 Å². The number of aromatic nitrogens is 1. The largest absolute Gasteiger partial charge is 0.385 e. The van der Waals surface area contributed by atoms with Crippen LogP contribution in [0.15, 0.2) is 36.5 Å². The van der Waals surface area contributed by atoms with E-state index in [2.05, 4.69) is 4.98 Å². The Morgan fingerprint density at radius 3 is 2.72 bits per heavy atom. The topological polar surface area (TPSA) is 50.2 Å². The number of Topliss-reactive ketones (excluding diaryl/α,β-unsaturated/α-hetero) is 1. The fourth-order valence-corrected chi connectivity index (χ4v) is 1.97. The van der Waals surface area contributed by atoms with Crippen LogP contribution in [0.5, 0.6) is 0 Å². The number of aliphatic hydroxyl groups excluding tert-OH is 1. The van der Waals surface area contributed by atoms with Crippen LogP contribution in [0.3, 0.4) is 0 Å². The molecule has 0 amide bonds. The summed E-state index contributed by atoms with van der Waals surface area (Å²) >= 11 is 0. The van der Waals surface area contributed by atoms with Crippen LogP contribution < -0.4 is 0 Å². The Morgan fingerprint density at radius 1 is 1.28 bits per heavy atom. The van der Waals surface area contributed by atoms with Gasteiger partial charge in [-0.3, -0.25) is 9.78 Å². The van der Waals surface area contributed by atoms with Crippen LogP contribution in [-0.4, -0.2) is 22.0 Å². The molecule has 1 aromatic heterocycles. The van der Waals surface area contributed by atoms with Gasteiger partial charge < -0.3 is 5.11 Å². The molecule has 0 aliphatic heterocycles. The van der Waals surface area contributed by atoms with Crippen LogP contribution in [0.4, 0.5) is 0 Å². The van der Waals surface area contributed by atoms with Crippen LogP contribution >= 0.6 is 0 Å². The standard InChI is InChI=1S/C15H17NO2/c1-10(2)15(18)14(17)9-11-7-8-16-13-6-4-3-5-12(11)13/h3-8,10,15,18H,9H2,1-2H3. The van der Waals surface area contributed by atoms with Crippen molar-refractivity contribution < 1.29 is 9.90 Å². The Bertz CT molecular complexity index is 558. The van der Waals surface area contributed by atoms with Crippen molar-refractivity contribution in [3.63, 3.8) is 0 Å². The van der Waals surface area contributed by atoms with E-state index >= 15 is 0 Å². The first-order chi connectivity index (χ1) is 8.59. The molecule has 3 nitrogen and oxygen atoms in total. The van der Waals surface area contributed by atoms with Crippen molar-refractivity contribution in [2.75, 3.05) is 0 Å². The van der Waals surface area contributed by atoms with Crippen molar-refractivity contribution in [2.45, 2.75) is 26.4 Å². The number of pyridine rings is 1. The first-order valence-electron chi connectivity index (χ1n) is 6.13. The van der Waals surface area contributed by atoms with Crippen LogP contribution in [0.2, 0.25) is 0 Å². The second kappa shape index (κ2) is 5.27.